The van der Waals surface area contributed by atoms with E-state index >= 15 is 0 Å². The zero-order valence-electron chi connectivity index (χ0n) is 8.32. The van der Waals surface area contributed by atoms with E-state index < -0.39 is 6.10 Å². The molecule has 1 rings (SSSR count). The van der Waals surface area contributed by atoms with Crippen LogP contribution in [0.5, 0.6) is 0 Å². The van der Waals surface area contributed by atoms with E-state index in [1.54, 1.807) is 0 Å². The van der Waals surface area contributed by atoms with Gasteiger partial charge in [-0.1, -0.05) is 6.92 Å². The second-order valence-electron chi connectivity index (χ2n) is 3.64. The number of ether oxygens (including phenoxy) is 1. The van der Waals surface area contributed by atoms with Crippen molar-refractivity contribution in [1.29, 1.82) is 0 Å². The van der Waals surface area contributed by atoms with Gasteiger partial charge in [-0.25, -0.2) is 0 Å². The Labute approximate surface area is 79.0 Å². The quantitative estimate of drug-likeness (QED) is 0.665. The SMILES string of the molecule is COC(CN)C(=O)N1CCC(C)C1. The van der Waals surface area contributed by atoms with Crippen molar-refractivity contribution in [3.05, 3.63) is 0 Å². The highest BCUT2D eigenvalue weighted by Crippen LogP contribution is 2.16. The van der Waals surface area contributed by atoms with Crippen LogP contribution in [0.4, 0.5) is 0 Å². The lowest BCUT2D eigenvalue weighted by Gasteiger charge is -2.21. The van der Waals surface area contributed by atoms with Crippen LogP contribution >= 0.6 is 0 Å². The predicted octanol–water partition coefficient (Wildman–Crippen LogP) is -0.171. The van der Waals surface area contributed by atoms with Gasteiger partial charge < -0.3 is 15.4 Å². The third kappa shape index (κ3) is 2.42. The Hall–Kier alpha value is -0.610. The van der Waals surface area contributed by atoms with Gasteiger partial charge >= 0.3 is 0 Å². The smallest absolute Gasteiger partial charge is 0.253 e. The van der Waals surface area contributed by atoms with Crippen LogP contribution in [0.15, 0.2) is 0 Å². The topological polar surface area (TPSA) is 55.6 Å². The summed E-state index contributed by atoms with van der Waals surface area (Å²) in [5.41, 5.74) is 5.41. The Morgan fingerprint density at radius 2 is 2.46 bits per heavy atom. The molecule has 1 saturated heterocycles. The largest absolute Gasteiger partial charge is 0.370 e. The summed E-state index contributed by atoms with van der Waals surface area (Å²) in [7, 11) is 1.52. The van der Waals surface area contributed by atoms with Crippen molar-refractivity contribution >= 4 is 5.91 Å². The van der Waals surface area contributed by atoms with Crippen molar-refractivity contribution in [3.63, 3.8) is 0 Å². The molecule has 2 N–H and O–H groups in total. The Kier molecular flexibility index (Phi) is 3.69. The Balaban J connectivity index is 2.47. The number of nitrogens with zero attached hydrogens (tertiary/aromatic N) is 1. The maximum atomic E-state index is 11.7. The number of hydrogen-bond donors (Lipinski definition) is 1. The fraction of sp³-hybridized carbons (Fsp3) is 0.889. The minimum atomic E-state index is -0.453. The molecule has 76 valence electrons. The first-order chi connectivity index (χ1) is 6.19. The first-order valence-electron chi connectivity index (χ1n) is 4.70. The van der Waals surface area contributed by atoms with E-state index in [-0.39, 0.29) is 12.5 Å². The average molecular weight is 186 g/mol. The molecule has 0 aromatic rings. The first kappa shape index (κ1) is 10.5. The minimum Gasteiger partial charge on any atom is -0.370 e. The second kappa shape index (κ2) is 4.58. The van der Waals surface area contributed by atoms with E-state index in [1.165, 1.54) is 7.11 Å². The molecule has 1 amide bonds. The summed E-state index contributed by atoms with van der Waals surface area (Å²) in [5.74, 6) is 0.647. The van der Waals surface area contributed by atoms with Gasteiger partial charge in [0.1, 0.15) is 6.10 Å². The summed E-state index contributed by atoms with van der Waals surface area (Å²) >= 11 is 0. The van der Waals surface area contributed by atoms with E-state index in [2.05, 4.69) is 6.92 Å². The molecule has 0 saturated carbocycles. The van der Waals surface area contributed by atoms with Crippen LogP contribution in [0, 0.1) is 5.92 Å². The molecule has 4 heteroatoms. The summed E-state index contributed by atoms with van der Waals surface area (Å²) < 4.78 is 4.99. The lowest BCUT2D eigenvalue weighted by atomic mass is 10.2. The first-order valence-corrected chi connectivity index (χ1v) is 4.70. The summed E-state index contributed by atoms with van der Waals surface area (Å²) in [5, 5.41) is 0. The van der Waals surface area contributed by atoms with Gasteiger partial charge in [-0.15, -0.1) is 0 Å². The molecule has 2 unspecified atom stereocenters. The van der Waals surface area contributed by atoms with E-state index in [0.717, 1.165) is 19.5 Å². The number of carbonyl (C=O) groups excluding carboxylic acids is 1. The monoisotopic (exact) mass is 186 g/mol. The maximum Gasteiger partial charge on any atom is 0.253 e. The van der Waals surface area contributed by atoms with Crippen LogP contribution in [-0.4, -0.2) is 43.7 Å². The van der Waals surface area contributed by atoms with Crippen molar-refractivity contribution in [2.45, 2.75) is 19.4 Å². The second-order valence-corrected chi connectivity index (χ2v) is 3.64. The van der Waals surface area contributed by atoms with Gasteiger partial charge in [0.2, 0.25) is 0 Å². The molecule has 0 bridgehead atoms. The molecule has 0 aromatic heterocycles. The number of methoxy groups -OCH3 is 1. The maximum absolute atomic E-state index is 11.7. The van der Waals surface area contributed by atoms with Crippen LogP contribution < -0.4 is 5.73 Å². The summed E-state index contributed by atoms with van der Waals surface area (Å²) in [4.78, 5) is 13.5. The highest BCUT2D eigenvalue weighted by atomic mass is 16.5. The zero-order valence-corrected chi connectivity index (χ0v) is 8.32. The van der Waals surface area contributed by atoms with E-state index in [0.29, 0.717) is 5.92 Å². The highest BCUT2D eigenvalue weighted by Gasteiger charge is 2.28. The third-order valence-corrected chi connectivity index (χ3v) is 2.51. The Morgan fingerprint density at radius 1 is 1.77 bits per heavy atom. The third-order valence-electron chi connectivity index (χ3n) is 2.51. The highest BCUT2D eigenvalue weighted by molar-refractivity contribution is 5.81. The molecule has 0 aromatic carbocycles. The van der Waals surface area contributed by atoms with Gasteiger partial charge in [-0.3, -0.25) is 4.79 Å². The van der Waals surface area contributed by atoms with Gasteiger partial charge in [0, 0.05) is 26.7 Å². The normalized spacial score (nSPS) is 24.8. The number of hydrogen-bond acceptors (Lipinski definition) is 3. The van der Waals surface area contributed by atoms with E-state index in [1.807, 2.05) is 4.90 Å². The van der Waals surface area contributed by atoms with Crippen molar-refractivity contribution in [2.24, 2.45) is 11.7 Å². The summed E-state index contributed by atoms with van der Waals surface area (Å²) in [6.07, 6.45) is 0.637. The molecule has 0 aliphatic carbocycles. The fourth-order valence-corrected chi connectivity index (χ4v) is 1.64. The van der Waals surface area contributed by atoms with Crippen molar-refractivity contribution in [3.8, 4) is 0 Å². The van der Waals surface area contributed by atoms with Crippen LogP contribution in [0.25, 0.3) is 0 Å². The van der Waals surface area contributed by atoms with Gasteiger partial charge in [-0.2, -0.15) is 0 Å². The lowest BCUT2D eigenvalue weighted by Crippen LogP contribution is -2.42. The summed E-state index contributed by atoms with van der Waals surface area (Å²) in [6, 6.07) is 0. The van der Waals surface area contributed by atoms with Crippen molar-refractivity contribution < 1.29 is 9.53 Å². The van der Waals surface area contributed by atoms with Crippen molar-refractivity contribution in [1.82, 2.24) is 4.90 Å². The van der Waals surface area contributed by atoms with Gasteiger partial charge in [0.05, 0.1) is 0 Å². The van der Waals surface area contributed by atoms with Crippen LogP contribution in [-0.2, 0) is 9.53 Å². The van der Waals surface area contributed by atoms with Crippen LogP contribution in [0.2, 0.25) is 0 Å². The molecule has 0 spiro atoms. The fourth-order valence-electron chi connectivity index (χ4n) is 1.64. The summed E-state index contributed by atoms with van der Waals surface area (Å²) in [6.45, 7) is 4.11. The molecular weight excluding hydrogens is 168 g/mol. The standard InChI is InChI=1S/C9H18N2O2/c1-7-3-4-11(6-7)9(12)8(5-10)13-2/h7-8H,3-6,10H2,1-2H3. The van der Waals surface area contributed by atoms with Crippen LogP contribution in [0.1, 0.15) is 13.3 Å². The van der Waals surface area contributed by atoms with Crippen LogP contribution in [0.3, 0.4) is 0 Å². The molecule has 4 nitrogen and oxygen atoms in total. The molecule has 1 aliphatic rings. The lowest BCUT2D eigenvalue weighted by molar-refractivity contribution is -0.140. The molecule has 1 fully saturated rings. The Morgan fingerprint density at radius 3 is 2.85 bits per heavy atom. The minimum absolute atomic E-state index is 0.0364. The molecule has 2 atom stereocenters. The molecule has 13 heavy (non-hydrogen) atoms. The zero-order chi connectivity index (χ0) is 9.84. The van der Waals surface area contributed by atoms with Crippen molar-refractivity contribution in [2.75, 3.05) is 26.7 Å². The number of carbonyl (C=O) groups is 1. The Bertz CT molecular complexity index is 180. The van der Waals surface area contributed by atoms with Gasteiger partial charge in [-0.05, 0) is 12.3 Å². The number of likely N-dealkylation sites (tertiary alicyclic amines) is 1. The molecular formula is C9H18N2O2. The van der Waals surface area contributed by atoms with Gasteiger partial charge in [0.15, 0.2) is 0 Å². The average Bonchev–Trinajstić information content (AvgIpc) is 2.54. The molecule has 1 heterocycles. The van der Waals surface area contributed by atoms with E-state index in [9.17, 15) is 4.79 Å². The van der Waals surface area contributed by atoms with E-state index in [4.69, 9.17) is 10.5 Å². The van der Waals surface area contributed by atoms with Gasteiger partial charge in [0.25, 0.3) is 5.91 Å². The number of amides is 1. The molecule has 0 radical (unpaired) electrons. The number of rotatable bonds is 3. The predicted molar refractivity (Wildman–Crippen MR) is 50.2 cm³/mol. The molecule has 1 aliphatic heterocycles. The number of nitrogens with two attached hydrogens (primary N) is 1.